The van der Waals surface area contributed by atoms with Gasteiger partial charge in [0.1, 0.15) is 0 Å². The Labute approximate surface area is 119 Å². The average Bonchev–Trinajstić information content (AvgIpc) is 2.58. The van der Waals surface area contributed by atoms with Crippen molar-refractivity contribution >= 4 is 38.9 Å². The largest absolute Gasteiger partial charge is 0.324 e. The molecular formula is C13H13BrClNS. The lowest BCUT2D eigenvalue weighted by Crippen LogP contribution is -2.13. The minimum absolute atomic E-state index is 0.0241. The Bertz CT molecular complexity index is 524. The van der Waals surface area contributed by atoms with E-state index >= 15 is 0 Å². The molecule has 90 valence electrons. The van der Waals surface area contributed by atoms with E-state index in [2.05, 4.69) is 35.0 Å². The normalized spacial score (nSPS) is 12.7. The number of halogens is 2. The van der Waals surface area contributed by atoms with Gasteiger partial charge in [-0.2, -0.15) is 0 Å². The van der Waals surface area contributed by atoms with Crippen LogP contribution in [0.2, 0.25) is 5.02 Å². The molecule has 0 saturated carbocycles. The molecule has 1 heterocycles. The van der Waals surface area contributed by atoms with Crippen molar-refractivity contribution in [3.05, 3.63) is 55.1 Å². The molecule has 0 amide bonds. The van der Waals surface area contributed by atoms with Crippen molar-refractivity contribution in [2.24, 2.45) is 5.73 Å². The van der Waals surface area contributed by atoms with Gasteiger partial charge in [-0.05, 0) is 58.6 Å². The van der Waals surface area contributed by atoms with E-state index in [0.29, 0.717) is 0 Å². The molecule has 0 aliphatic carbocycles. The first-order valence-corrected chi connectivity index (χ1v) is 7.31. The van der Waals surface area contributed by atoms with Crippen molar-refractivity contribution in [3.63, 3.8) is 0 Å². The van der Waals surface area contributed by atoms with Crippen molar-refractivity contribution in [1.29, 1.82) is 0 Å². The first kappa shape index (κ1) is 13.1. The van der Waals surface area contributed by atoms with Crippen LogP contribution in [0.25, 0.3) is 0 Å². The van der Waals surface area contributed by atoms with Gasteiger partial charge in [-0.1, -0.05) is 23.7 Å². The molecule has 0 spiro atoms. The molecule has 0 bridgehead atoms. The van der Waals surface area contributed by atoms with Crippen LogP contribution in [-0.2, 0) is 6.42 Å². The lowest BCUT2D eigenvalue weighted by atomic mass is 10.0. The van der Waals surface area contributed by atoms with Crippen molar-refractivity contribution < 1.29 is 0 Å². The lowest BCUT2D eigenvalue weighted by Gasteiger charge is -2.11. The molecule has 0 radical (unpaired) electrons. The number of nitrogens with two attached hydrogens (primary N) is 1. The molecular weight excluding hydrogens is 318 g/mol. The Morgan fingerprint density at radius 2 is 2.18 bits per heavy atom. The molecule has 4 heteroatoms. The Morgan fingerprint density at radius 3 is 2.76 bits per heavy atom. The quantitative estimate of drug-likeness (QED) is 0.866. The number of rotatable bonds is 3. The van der Waals surface area contributed by atoms with Gasteiger partial charge >= 0.3 is 0 Å². The third kappa shape index (κ3) is 3.32. The van der Waals surface area contributed by atoms with Crippen molar-refractivity contribution in [3.8, 4) is 0 Å². The van der Waals surface area contributed by atoms with E-state index in [1.807, 2.05) is 18.2 Å². The molecule has 1 aromatic heterocycles. The summed E-state index contributed by atoms with van der Waals surface area (Å²) in [5.41, 5.74) is 8.62. The van der Waals surface area contributed by atoms with E-state index in [9.17, 15) is 0 Å². The van der Waals surface area contributed by atoms with Gasteiger partial charge in [-0.25, -0.2) is 0 Å². The Kier molecular flexibility index (Phi) is 4.26. The summed E-state index contributed by atoms with van der Waals surface area (Å²) in [7, 11) is 0. The van der Waals surface area contributed by atoms with Crippen LogP contribution in [0.1, 0.15) is 22.0 Å². The monoisotopic (exact) mass is 329 g/mol. The standard InChI is InChI=1S/C13H13BrClNS/c1-8-11(7-13(14)17-8)12(16)6-9-3-2-4-10(15)5-9/h2-5,7,12H,6,16H2,1H3. The van der Waals surface area contributed by atoms with E-state index in [-0.39, 0.29) is 6.04 Å². The molecule has 2 rings (SSSR count). The fourth-order valence-electron chi connectivity index (χ4n) is 1.85. The van der Waals surface area contributed by atoms with Gasteiger partial charge < -0.3 is 5.73 Å². The molecule has 1 atom stereocenters. The summed E-state index contributed by atoms with van der Waals surface area (Å²) in [6.07, 6.45) is 0.810. The minimum Gasteiger partial charge on any atom is -0.324 e. The van der Waals surface area contributed by atoms with E-state index in [1.54, 1.807) is 11.3 Å². The highest BCUT2D eigenvalue weighted by molar-refractivity contribution is 9.11. The van der Waals surface area contributed by atoms with Gasteiger partial charge in [0.05, 0.1) is 3.79 Å². The summed E-state index contributed by atoms with van der Waals surface area (Å²) in [6.45, 7) is 2.10. The first-order valence-electron chi connectivity index (χ1n) is 5.32. The van der Waals surface area contributed by atoms with Crippen LogP contribution >= 0.6 is 38.9 Å². The summed E-state index contributed by atoms with van der Waals surface area (Å²) in [6, 6.07) is 10.00. The van der Waals surface area contributed by atoms with Gasteiger partial charge in [0.15, 0.2) is 0 Å². The zero-order valence-electron chi connectivity index (χ0n) is 9.41. The van der Waals surface area contributed by atoms with Gasteiger partial charge in [0.2, 0.25) is 0 Å². The second-order valence-corrected chi connectivity index (χ2v) is 7.07. The number of aryl methyl sites for hydroxylation is 1. The summed E-state index contributed by atoms with van der Waals surface area (Å²) < 4.78 is 1.13. The Hall–Kier alpha value is -0.350. The first-order chi connectivity index (χ1) is 8.06. The summed E-state index contributed by atoms with van der Waals surface area (Å²) in [5.74, 6) is 0. The molecule has 0 fully saturated rings. The fourth-order valence-corrected chi connectivity index (χ4v) is 3.85. The molecule has 1 nitrogen and oxygen atoms in total. The molecule has 17 heavy (non-hydrogen) atoms. The summed E-state index contributed by atoms with van der Waals surface area (Å²) in [4.78, 5) is 1.27. The van der Waals surface area contributed by atoms with Crippen LogP contribution in [-0.4, -0.2) is 0 Å². The fraction of sp³-hybridized carbons (Fsp3) is 0.231. The Balaban J connectivity index is 2.16. The SMILES string of the molecule is Cc1sc(Br)cc1C(N)Cc1cccc(Cl)c1. The zero-order chi connectivity index (χ0) is 12.4. The maximum absolute atomic E-state index is 6.23. The summed E-state index contributed by atoms with van der Waals surface area (Å²) >= 11 is 11.2. The van der Waals surface area contributed by atoms with E-state index in [1.165, 1.54) is 16.0 Å². The van der Waals surface area contributed by atoms with Crippen molar-refractivity contribution in [1.82, 2.24) is 0 Å². The maximum Gasteiger partial charge on any atom is 0.0704 e. The third-order valence-corrected chi connectivity index (χ3v) is 4.47. The van der Waals surface area contributed by atoms with E-state index < -0.39 is 0 Å². The highest BCUT2D eigenvalue weighted by Gasteiger charge is 2.12. The van der Waals surface area contributed by atoms with Crippen molar-refractivity contribution in [2.75, 3.05) is 0 Å². The smallest absolute Gasteiger partial charge is 0.0704 e. The molecule has 0 aliphatic heterocycles. The maximum atomic E-state index is 6.23. The van der Waals surface area contributed by atoms with Crippen LogP contribution in [0.4, 0.5) is 0 Å². The van der Waals surface area contributed by atoms with E-state index in [0.717, 1.165) is 15.2 Å². The van der Waals surface area contributed by atoms with Crippen LogP contribution in [0, 0.1) is 6.92 Å². The predicted octanol–water partition coefficient (Wildman–Crippen LogP) is 4.71. The van der Waals surface area contributed by atoms with Crippen LogP contribution in [0.5, 0.6) is 0 Å². The second-order valence-electron chi connectivity index (χ2n) is 4.00. The minimum atomic E-state index is 0.0241. The van der Waals surface area contributed by atoms with Gasteiger partial charge in [0.25, 0.3) is 0 Å². The zero-order valence-corrected chi connectivity index (χ0v) is 12.6. The van der Waals surface area contributed by atoms with Crippen LogP contribution in [0.15, 0.2) is 34.1 Å². The predicted molar refractivity (Wildman–Crippen MR) is 78.8 cm³/mol. The van der Waals surface area contributed by atoms with Crippen molar-refractivity contribution in [2.45, 2.75) is 19.4 Å². The van der Waals surface area contributed by atoms with Gasteiger partial charge in [-0.3, -0.25) is 0 Å². The van der Waals surface area contributed by atoms with E-state index in [4.69, 9.17) is 17.3 Å². The van der Waals surface area contributed by atoms with Gasteiger partial charge in [-0.15, -0.1) is 11.3 Å². The third-order valence-electron chi connectivity index (χ3n) is 2.67. The number of benzene rings is 1. The molecule has 0 aliphatic rings. The Morgan fingerprint density at radius 1 is 1.41 bits per heavy atom. The topological polar surface area (TPSA) is 26.0 Å². The second kappa shape index (κ2) is 5.53. The number of hydrogen-bond acceptors (Lipinski definition) is 2. The van der Waals surface area contributed by atoms with Gasteiger partial charge in [0, 0.05) is 15.9 Å². The summed E-state index contributed by atoms with van der Waals surface area (Å²) in [5, 5.41) is 0.762. The molecule has 2 N–H and O–H groups in total. The number of hydrogen-bond donors (Lipinski definition) is 1. The van der Waals surface area contributed by atoms with Crippen LogP contribution in [0.3, 0.4) is 0 Å². The van der Waals surface area contributed by atoms with Crippen LogP contribution < -0.4 is 5.73 Å². The lowest BCUT2D eigenvalue weighted by molar-refractivity contribution is 0.720. The molecule has 2 aromatic rings. The molecule has 1 aromatic carbocycles. The average molecular weight is 331 g/mol. The number of thiophene rings is 1. The molecule has 0 saturated heterocycles. The highest BCUT2D eigenvalue weighted by atomic mass is 79.9. The highest BCUT2D eigenvalue weighted by Crippen LogP contribution is 2.31. The molecule has 1 unspecified atom stereocenters.